The Labute approximate surface area is 136 Å². The Morgan fingerprint density at radius 1 is 1.18 bits per heavy atom. The first kappa shape index (κ1) is 13.5. The summed E-state index contributed by atoms with van der Waals surface area (Å²) in [6.07, 6.45) is 0. The third kappa shape index (κ3) is 1.82. The van der Waals surface area contributed by atoms with Gasteiger partial charge in [0.2, 0.25) is 0 Å². The summed E-state index contributed by atoms with van der Waals surface area (Å²) in [6, 6.07) is 7.92. The summed E-state index contributed by atoms with van der Waals surface area (Å²) >= 11 is 7.85. The molecule has 0 unspecified atom stereocenters. The van der Waals surface area contributed by atoms with Crippen LogP contribution in [0, 0.1) is 13.8 Å². The van der Waals surface area contributed by atoms with Gasteiger partial charge in [-0.15, -0.1) is 11.3 Å². The lowest BCUT2D eigenvalue weighted by Crippen LogP contribution is -1.91. The molecule has 4 rings (SSSR count). The number of rotatable bonds is 1. The summed E-state index contributed by atoms with van der Waals surface area (Å²) < 4.78 is 0. The molecule has 22 heavy (non-hydrogen) atoms. The van der Waals surface area contributed by atoms with E-state index in [0.717, 1.165) is 43.2 Å². The molecular weight excluding hydrogens is 316 g/mol. The van der Waals surface area contributed by atoms with Crippen LogP contribution in [0.2, 0.25) is 5.02 Å². The topological polar surface area (TPSA) is 67.6 Å². The van der Waals surface area contributed by atoms with Gasteiger partial charge in [-0.2, -0.15) is 0 Å². The zero-order valence-electron chi connectivity index (χ0n) is 12.1. The lowest BCUT2D eigenvalue weighted by atomic mass is 10.1. The Bertz CT molecular complexity index is 999. The third-order valence-corrected chi connectivity index (χ3v) is 5.49. The Kier molecular flexibility index (Phi) is 2.89. The highest BCUT2D eigenvalue weighted by Crippen LogP contribution is 2.42. The fourth-order valence-corrected chi connectivity index (χ4v) is 3.97. The van der Waals surface area contributed by atoms with Gasteiger partial charge in [0.25, 0.3) is 0 Å². The molecule has 3 N–H and O–H groups in total. The van der Waals surface area contributed by atoms with Crippen LogP contribution < -0.4 is 5.73 Å². The van der Waals surface area contributed by atoms with Crippen LogP contribution >= 0.6 is 22.9 Å². The number of nitrogens with one attached hydrogen (secondary N) is 1. The van der Waals surface area contributed by atoms with E-state index in [0.29, 0.717) is 10.7 Å². The highest BCUT2D eigenvalue weighted by molar-refractivity contribution is 7.22. The number of anilines is 1. The highest BCUT2D eigenvalue weighted by atomic mass is 35.5. The number of halogens is 1. The van der Waals surface area contributed by atoms with Gasteiger partial charge in [-0.3, -0.25) is 0 Å². The summed E-state index contributed by atoms with van der Waals surface area (Å²) in [5, 5.41) is 1.60. The maximum Gasteiger partial charge on any atom is 0.150 e. The van der Waals surface area contributed by atoms with Gasteiger partial charge in [0.05, 0.1) is 32.3 Å². The molecule has 4 aromatic rings. The van der Waals surface area contributed by atoms with Crippen molar-refractivity contribution in [3.8, 4) is 10.7 Å². The van der Waals surface area contributed by atoms with Crippen LogP contribution in [0.15, 0.2) is 24.3 Å². The number of hydrogen-bond donors (Lipinski definition) is 2. The number of H-pyrrole nitrogens is 1. The van der Waals surface area contributed by atoms with Crippen molar-refractivity contribution in [2.75, 3.05) is 5.73 Å². The summed E-state index contributed by atoms with van der Waals surface area (Å²) in [7, 11) is 0. The number of thiophene rings is 1. The molecule has 0 amide bonds. The SMILES string of the molecule is Cc1nc2sc(-c3nc4ccccc4[nH]3)c(N)c2c(C)c1Cl. The fraction of sp³-hybridized carbons (Fsp3) is 0.125. The number of benzene rings is 1. The molecule has 3 aromatic heterocycles. The first-order valence-corrected chi connectivity index (χ1v) is 8.05. The highest BCUT2D eigenvalue weighted by Gasteiger charge is 2.19. The zero-order chi connectivity index (χ0) is 15.4. The van der Waals surface area contributed by atoms with Crippen molar-refractivity contribution in [1.82, 2.24) is 15.0 Å². The van der Waals surface area contributed by atoms with E-state index in [9.17, 15) is 0 Å². The van der Waals surface area contributed by atoms with E-state index in [1.54, 1.807) is 11.3 Å². The van der Waals surface area contributed by atoms with Crippen LogP contribution in [0.3, 0.4) is 0 Å². The number of pyridine rings is 1. The minimum absolute atomic E-state index is 0.674. The second-order valence-electron chi connectivity index (χ2n) is 5.26. The second-order valence-corrected chi connectivity index (χ2v) is 6.64. The molecule has 0 fully saturated rings. The van der Waals surface area contributed by atoms with Gasteiger partial charge in [-0.1, -0.05) is 23.7 Å². The number of para-hydroxylation sites is 2. The molecule has 6 heteroatoms. The van der Waals surface area contributed by atoms with E-state index in [-0.39, 0.29) is 0 Å². The normalized spacial score (nSPS) is 11.6. The van der Waals surface area contributed by atoms with Gasteiger partial charge in [0, 0.05) is 5.39 Å². The monoisotopic (exact) mass is 328 g/mol. The lowest BCUT2D eigenvalue weighted by Gasteiger charge is -2.03. The minimum Gasteiger partial charge on any atom is -0.397 e. The largest absolute Gasteiger partial charge is 0.397 e. The van der Waals surface area contributed by atoms with Gasteiger partial charge < -0.3 is 10.7 Å². The fourth-order valence-electron chi connectivity index (χ4n) is 2.69. The van der Waals surface area contributed by atoms with Crippen LogP contribution in [-0.4, -0.2) is 15.0 Å². The molecule has 0 spiro atoms. The molecule has 110 valence electrons. The lowest BCUT2D eigenvalue weighted by molar-refractivity contribution is 1.25. The molecule has 0 bridgehead atoms. The molecule has 0 atom stereocenters. The molecule has 3 heterocycles. The minimum atomic E-state index is 0.674. The van der Waals surface area contributed by atoms with Crippen LogP contribution in [0.1, 0.15) is 11.3 Å². The molecule has 0 aliphatic carbocycles. The number of imidazole rings is 1. The van der Waals surface area contributed by atoms with E-state index >= 15 is 0 Å². The number of aromatic amines is 1. The standard InChI is InChI=1S/C16H13ClN4S/c1-7-11-13(18)14(22-16(11)19-8(2)12(7)17)15-20-9-5-3-4-6-10(9)21-15/h3-6H,18H2,1-2H3,(H,20,21). The third-order valence-electron chi connectivity index (χ3n) is 3.82. The predicted molar refractivity (Wildman–Crippen MR) is 93.6 cm³/mol. The molecule has 1 aromatic carbocycles. The predicted octanol–water partition coefficient (Wildman–Crippen LogP) is 4.69. The van der Waals surface area contributed by atoms with Crippen molar-refractivity contribution in [1.29, 1.82) is 0 Å². The van der Waals surface area contributed by atoms with E-state index in [1.807, 2.05) is 38.1 Å². The molecule has 0 aliphatic heterocycles. The maximum atomic E-state index is 6.36. The van der Waals surface area contributed by atoms with Gasteiger partial charge in [-0.25, -0.2) is 9.97 Å². The van der Waals surface area contributed by atoms with Crippen LogP contribution in [0.5, 0.6) is 0 Å². The van der Waals surface area contributed by atoms with Crippen LogP contribution in [-0.2, 0) is 0 Å². The Balaban J connectivity index is 2.03. The number of aromatic nitrogens is 3. The molecule has 0 saturated heterocycles. The average molecular weight is 329 g/mol. The quantitative estimate of drug-likeness (QED) is 0.532. The summed E-state index contributed by atoms with van der Waals surface area (Å²) in [5.41, 5.74) is 10.8. The maximum absolute atomic E-state index is 6.36. The molecule has 0 aliphatic rings. The Morgan fingerprint density at radius 2 is 1.95 bits per heavy atom. The zero-order valence-corrected chi connectivity index (χ0v) is 13.6. The summed E-state index contributed by atoms with van der Waals surface area (Å²) in [6.45, 7) is 3.89. The first-order valence-electron chi connectivity index (χ1n) is 6.86. The first-order chi connectivity index (χ1) is 10.6. The van der Waals surface area contributed by atoms with Crippen molar-refractivity contribution in [2.45, 2.75) is 13.8 Å². The second kappa shape index (κ2) is 4.69. The Hall–Kier alpha value is -2.11. The number of aryl methyl sites for hydroxylation is 2. The summed E-state index contributed by atoms with van der Waals surface area (Å²) in [5.74, 6) is 0.773. The molecule has 0 saturated carbocycles. The summed E-state index contributed by atoms with van der Waals surface area (Å²) in [4.78, 5) is 14.3. The number of nitrogens with two attached hydrogens (primary N) is 1. The van der Waals surface area contributed by atoms with Crippen molar-refractivity contribution >= 4 is 49.9 Å². The Morgan fingerprint density at radius 3 is 2.73 bits per heavy atom. The smallest absolute Gasteiger partial charge is 0.150 e. The van der Waals surface area contributed by atoms with Crippen molar-refractivity contribution in [3.05, 3.63) is 40.5 Å². The van der Waals surface area contributed by atoms with Crippen molar-refractivity contribution < 1.29 is 0 Å². The molecule has 4 nitrogen and oxygen atoms in total. The van der Waals surface area contributed by atoms with Crippen LogP contribution in [0.25, 0.3) is 32.0 Å². The molecular formula is C16H13ClN4S. The number of nitrogens with zero attached hydrogens (tertiary/aromatic N) is 2. The van der Waals surface area contributed by atoms with Crippen molar-refractivity contribution in [3.63, 3.8) is 0 Å². The molecule has 0 radical (unpaired) electrons. The number of hydrogen-bond acceptors (Lipinski definition) is 4. The van der Waals surface area contributed by atoms with E-state index in [2.05, 4.69) is 15.0 Å². The van der Waals surface area contributed by atoms with E-state index in [1.165, 1.54) is 0 Å². The average Bonchev–Trinajstić information content (AvgIpc) is 3.06. The van der Waals surface area contributed by atoms with Gasteiger partial charge in [0.15, 0.2) is 5.82 Å². The van der Waals surface area contributed by atoms with Gasteiger partial charge in [-0.05, 0) is 31.5 Å². The van der Waals surface area contributed by atoms with Crippen LogP contribution in [0.4, 0.5) is 5.69 Å². The van der Waals surface area contributed by atoms with E-state index in [4.69, 9.17) is 17.3 Å². The number of fused-ring (bicyclic) bond motifs is 2. The van der Waals surface area contributed by atoms with Crippen molar-refractivity contribution in [2.24, 2.45) is 0 Å². The number of nitrogen functional groups attached to an aromatic ring is 1. The van der Waals surface area contributed by atoms with Gasteiger partial charge >= 0.3 is 0 Å². The van der Waals surface area contributed by atoms with E-state index < -0.39 is 0 Å². The van der Waals surface area contributed by atoms with Gasteiger partial charge in [0.1, 0.15) is 4.83 Å².